The summed E-state index contributed by atoms with van der Waals surface area (Å²) >= 11 is 5.98. The van der Waals surface area contributed by atoms with E-state index in [1.165, 1.54) is 0 Å². The largest absolute Gasteiger partial charge is 0.497 e. The summed E-state index contributed by atoms with van der Waals surface area (Å²) < 4.78 is 11.8. The number of aromatic nitrogens is 3. The number of carbonyl (C=O) groups is 1. The highest BCUT2D eigenvalue weighted by Crippen LogP contribution is 2.24. The van der Waals surface area contributed by atoms with Crippen molar-refractivity contribution in [2.75, 3.05) is 27.4 Å². The number of hydrogen-bond acceptors (Lipinski definition) is 5. The van der Waals surface area contributed by atoms with E-state index in [-0.39, 0.29) is 11.7 Å². The molecule has 3 aromatic rings. The minimum Gasteiger partial charge on any atom is -0.497 e. The fourth-order valence-corrected chi connectivity index (χ4v) is 2.57. The third-order valence-corrected chi connectivity index (χ3v) is 4.07. The van der Waals surface area contributed by atoms with Crippen LogP contribution in [0.4, 0.5) is 0 Å². The molecular formula is C19H19ClN4O3. The molecule has 0 radical (unpaired) electrons. The zero-order valence-corrected chi connectivity index (χ0v) is 15.7. The zero-order valence-electron chi connectivity index (χ0n) is 15.0. The first-order valence-electron chi connectivity index (χ1n) is 8.27. The van der Waals surface area contributed by atoms with Gasteiger partial charge in [-0.2, -0.15) is 0 Å². The van der Waals surface area contributed by atoms with Gasteiger partial charge in [-0.05, 0) is 48.5 Å². The maximum absolute atomic E-state index is 12.4. The van der Waals surface area contributed by atoms with Gasteiger partial charge < -0.3 is 14.8 Å². The molecule has 7 nitrogen and oxygen atoms in total. The van der Waals surface area contributed by atoms with Crippen LogP contribution in [0, 0.1) is 0 Å². The van der Waals surface area contributed by atoms with Gasteiger partial charge in [-0.1, -0.05) is 11.6 Å². The number of nitrogens with one attached hydrogen (secondary N) is 1. The molecule has 1 N–H and O–H groups in total. The van der Waals surface area contributed by atoms with Crippen LogP contribution in [0.2, 0.25) is 5.02 Å². The van der Waals surface area contributed by atoms with Gasteiger partial charge in [-0.15, -0.1) is 5.10 Å². The summed E-state index contributed by atoms with van der Waals surface area (Å²) in [5, 5.41) is 7.74. The van der Waals surface area contributed by atoms with Gasteiger partial charge in [0.15, 0.2) is 5.82 Å². The molecule has 0 spiro atoms. The Bertz CT molecular complexity index is 908. The molecule has 1 heterocycles. The van der Waals surface area contributed by atoms with E-state index in [9.17, 15) is 4.79 Å². The van der Waals surface area contributed by atoms with Crippen LogP contribution in [-0.4, -0.2) is 48.0 Å². The van der Waals surface area contributed by atoms with E-state index in [2.05, 4.69) is 15.4 Å². The molecule has 0 atom stereocenters. The Hall–Kier alpha value is -2.90. The van der Waals surface area contributed by atoms with E-state index in [0.29, 0.717) is 24.0 Å². The number of benzene rings is 2. The predicted molar refractivity (Wildman–Crippen MR) is 103 cm³/mol. The predicted octanol–water partition coefficient (Wildman–Crippen LogP) is 2.97. The first-order chi connectivity index (χ1) is 13.1. The number of nitrogens with zero attached hydrogens (tertiary/aromatic N) is 3. The minimum absolute atomic E-state index is 0.0758. The Balaban J connectivity index is 2.00. The number of methoxy groups -OCH3 is 2. The Morgan fingerprint density at radius 1 is 1.11 bits per heavy atom. The first-order valence-corrected chi connectivity index (χ1v) is 8.64. The molecular weight excluding hydrogens is 368 g/mol. The maximum atomic E-state index is 12.4. The van der Waals surface area contributed by atoms with Crippen LogP contribution >= 0.6 is 11.6 Å². The summed E-state index contributed by atoms with van der Waals surface area (Å²) in [6, 6.07) is 14.5. The highest BCUT2D eigenvalue weighted by molar-refractivity contribution is 6.30. The second-order valence-corrected chi connectivity index (χ2v) is 6.06. The van der Waals surface area contributed by atoms with Crippen molar-refractivity contribution < 1.29 is 14.3 Å². The lowest BCUT2D eigenvalue weighted by Gasteiger charge is -2.07. The number of amides is 1. The van der Waals surface area contributed by atoms with E-state index >= 15 is 0 Å². The molecule has 0 aliphatic carbocycles. The molecule has 27 heavy (non-hydrogen) atoms. The molecule has 1 amide bonds. The number of hydrogen-bond donors (Lipinski definition) is 1. The third-order valence-electron chi connectivity index (χ3n) is 3.82. The molecule has 2 aromatic carbocycles. The molecule has 140 valence electrons. The Morgan fingerprint density at radius 2 is 1.81 bits per heavy atom. The molecule has 0 bridgehead atoms. The Kier molecular flexibility index (Phi) is 6.05. The van der Waals surface area contributed by atoms with Gasteiger partial charge in [0.25, 0.3) is 5.91 Å². The zero-order chi connectivity index (χ0) is 19.2. The summed E-state index contributed by atoms with van der Waals surface area (Å²) in [6.07, 6.45) is 0. The van der Waals surface area contributed by atoms with Crippen molar-refractivity contribution in [1.82, 2.24) is 20.1 Å². The topological polar surface area (TPSA) is 78.3 Å². The van der Waals surface area contributed by atoms with Gasteiger partial charge in [-0.3, -0.25) is 4.79 Å². The summed E-state index contributed by atoms with van der Waals surface area (Å²) in [5.74, 6) is 0.972. The molecule has 0 aliphatic rings. The smallest absolute Gasteiger partial charge is 0.291 e. The average molecular weight is 387 g/mol. The monoisotopic (exact) mass is 386 g/mol. The number of halogens is 1. The van der Waals surface area contributed by atoms with Gasteiger partial charge >= 0.3 is 0 Å². The molecule has 0 aliphatic heterocycles. The highest BCUT2D eigenvalue weighted by Gasteiger charge is 2.18. The van der Waals surface area contributed by atoms with E-state index in [1.54, 1.807) is 31.0 Å². The normalized spacial score (nSPS) is 10.6. The molecule has 0 saturated carbocycles. The number of carbonyl (C=O) groups excluding carboxylic acids is 1. The van der Waals surface area contributed by atoms with Crippen LogP contribution < -0.4 is 10.1 Å². The lowest BCUT2D eigenvalue weighted by atomic mass is 10.2. The summed E-state index contributed by atoms with van der Waals surface area (Å²) in [6.45, 7) is 0.789. The lowest BCUT2D eigenvalue weighted by Crippen LogP contribution is -2.28. The van der Waals surface area contributed by atoms with Gasteiger partial charge in [0.05, 0.1) is 19.4 Å². The fraction of sp³-hybridized carbons (Fsp3) is 0.211. The quantitative estimate of drug-likeness (QED) is 0.631. The van der Waals surface area contributed by atoms with Crippen molar-refractivity contribution in [2.45, 2.75) is 0 Å². The lowest BCUT2D eigenvalue weighted by molar-refractivity contribution is 0.0927. The van der Waals surface area contributed by atoms with E-state index < -0.39 is 0 Å². The van der Waals surface area contributed by atoms with Gasteiger partial charge in [0, 0.05) is 24.2 Å². The second kappa shape index (κ2) is 8.66. The standard InChI is InChI=1S/C19H19ClN4O3/c1-26-12-11-21-19(25)17-22-18(13-3-5-14(20)6-4-13)24(23-17)15-7-9-16(27-2)10-8-15/h3-10H,11-12H2,1-2H3,(H,21,25). The summed E-state index contributed by atoms with van der Waals surface area (Å²) in [5.41, 5.74) is 1.54. The highest BCUT2D eigenvalue weighted by atomic mass is 35.5. The Labute approximate surface area is 161 Å². The average Bonchev–Trinajstić information content (AvgIpc) is 3.14. The van der Waals surface area contributed by atoms with E-state index in [0.717, 1.165) is 17.0 Å². The van der Waals surface area contributed by atoms with Crippen molar-refractivity contribution in [3.63, 3.8) is 0 Å². The first kappa shape index (κ1) is 18.9. The minimum atomic E-state index is -0.366. The van der Waals surface area contributed by atoms with Crippen LogP contribution in [0.25, 0.3) is 17.1 Å². The van der Waals surface area contributed by atoms with Crippen molar-refractivity contribution in [1.29, 1.82) is 0 Å². The van der Waals surface area contributed by atoms with Gasteiger partial charge in [-0.25, -0.2) is 9.67 Å². The molecule has 0 fully saturated rings. The molecule has 1 aromatic heterocycles. The third kappa shape index (κ3) is 4.45. The second-order valence-electron chi connectivity index (χ2n) is 5.62. The van der Waals surface area contributed by atoms with Crippen molar-refractivity contribution in [3.05, 3.63) is 59.4 Å². The fourth-order valence-electron chi connectivity index (χ4n) is 2.44. The summed E-state index contributed by atoms with van der Waals surface area (Å²) in [4.78, 5) is 16.8. The number of ether oxygens (including phenoxy) is 2. The van der Waals surface area contributed by atoms with Crippen molar-refractivity contribution in [2.24, 2.45) is 0 Å². The maximum Gasteiger partial charge on any atom is 0.291 e. The van der Waals surface area contributed by atoms with Gasteiger partial charge in [0.1, 0.15) is 5.75 Å². The van der Waals surface area contributed by atoms with Gasteiger partial charge in [0.2, 0.25) is 5.82 Å². The van der Waals surface area contributed by atoms with Crippen LogP contribution in [0.1, 0.15) is 10.6 Å². The number of rotatable bonds is 7. The molecule has 0 saturated heterocycles. The van der Waals surface area contributed by atoms with Crippen LogP contribution in [-0.2, 0) is 4.74 Å². The molecule has 8 heteroatoms. The summed E-state index contributed by atoms with van der Waals surface area (Å²) in [7, 11) is 3.17. The Morgan fingerprint density at radius 3 is 2.44 bits per heavy atom. The van der Waals surface area contributed by atoms with Crippen molar-refractivity contribution >= 4 is 17.5 Å². The van der Waals surface area contributed by atoms with Crippen LogP contribution in [0.15, 0.2) is 48.5 Å². The van der Waals surface area contributed by atoms with E-state index in [1.807, 2.05) is 36.4 Å². The van der Waals surface area contributed by atoms with Crippen molar-refractivity contribution in [3.8, 4) is 22.8 Å². The SMILES string of the molecule is COCCNC(=O)c1nc(-c2ccc(Cl)cc2)n(-c2ccc(OC)cc2)n1. The molecule has 0 unspecified atom stereocenters. The van der Waals surface area contributed by atoms with E-state index in [4.69, 9.17) is 21.1 Å². The molecule has 3 rings (SSSR count). The van der Waals surface area contributed by atoms with Crippen LogP contribution in [0.5, 0.6) is 5.75 Å². The van der Waals surface area contributed by atoms with Crippen LogP contribution in [0.3, 0.4) is 0 Å².